The molecule has 2 unspecified atom stereocenters. The zero-order chi connectivity index (χ0) is 49.7. The first-order valence-electron chi connectivity index (χ1n) is 25.7. The standard InChI is InChI=1S/2C29H47NO3/c2*1-18-13-15-26(19(18)2)25(11-10-12-29(32)33-9)14-16-28(31)30(8)17-27-23(6)21(4)20(3)22(5)24(27)7/h2*18-19,25-26H,10-17H2,1-9H3/t18-,19?,25+,26+;18-,19?,25-,26+/m11/s1. The predicted octanol–water partition coefficient (Wildman–Crippen LogP) is 13.2. The Kier molecular flexibility index (Phi) is 22.5. The van der Waals surface area contributed by atoms with Crippen LogP contribution in [0.1, 0.15) is 184 Å². The van der Waals surface area contributed by atoms with Gasteiger partial charge in [-0.3, -0.25) is 19.2 Å². The van der Waals surface area contributed by atoms with E-state index in [1.54, 1.807) is 0 Å². The summed E-state index contributed by atoms with van der Waals surface area (Å²) in [6.45, 7) is 32.6. The molecule has 0 radical (unpaired) electrons. The number of hydrogen-bond acceptors (Lipinski definition) is 6. The van der Waals surface area contributed by atoms with Crippen LogP contribution in [0.5, 0.6) is 0 Å². The van der Waals surface area contributed by atoms with Crippen molar-refractivity contribution in [2.24, 2.45) is 47.3 Å². The van der Waals surface area contributed by atoms with E-state index in [-0.39, 0.29) is 23.8 Å². The van der Waals surface area contributed by atoms with E-state index in [0.29, 0.717) is 74.3 Å². The second-order valence-electron chi connectivity index (χ2n) is 21.4. The molecule has 66 heavy (non-hydrogen) atoms. The Morgan fingerprint density at radius 3 is 1.00 bits per heavy atom. The van der Waals surface area contributed by atoms with Crippen molar-refractivity contribution < 1.29 is 28.7 Å². The van der Waals surface area contributed by atoms with Crippen molar-refractivity contribution in [3.8, 4) is 0 Å². The van der Waals surface area contributed by atoms with E-state index in [1.807, 2.05) is 23.9 Å². The van der Waals surface area contributed by atoms with Crippen molar-refractivity contribution in [2.45, 2.75) is 200 Å². The molecule has 2 aliphatic carbocycles. The van der Waals surface area contributed by atoms with Crippen LogP contribution in [0.25, 0.3) is 0 Å². The van der Waals surface area contributed by atoms with Crippen LogP contribution in [0.3, 0.4) is 0 Å². The zero-order valence-corrected chi connectivity index (χ0v) is 45.3. The van der Waals surface area contributed by atoms with Gasteiger partial charge in [0.2, 0.25) is 11.8 Å². The van der Waals surface area contributed by atoms with Crippen molar-refractivity contribution in [3.63, 3.8) is 0 Å². The van der Waals surface area contributed by atoms with Crippen LogP contribution in [0, 0.1) is 117 Å². The minimum atomic E-state index is -0.133. The topological polar surface area (TPSA) is 93.2 Å². The largest absolute Gasteiger partial charge is 0.469 e. The van der Waals surface area contributed by atoms with E-state index in [0.717, 1.165) is 50.4 Å². The van der Waals surface area contributed by atoms with Gasteiger partial charge in [-0.25, -0.2) is 0 Å². The van der Waals surface area contributed by atoms with Gasteiger partial charge in [-0.2, -0.15) is 0 Å². The van der Waals surface area contributed by atoms with Crippen molar-refractivity contribution in [1.82, 2.24) is 9.80 Å². The van der Waals surface area contributed by atoms with E-state index in [1.165, 1.54) is 107 Å². The minimum Gasteiger partial charge on any atom is -0.469 e. The van der Waals surface area contributed by atoms with Gasteiger partial charge in [-0.15, -0.1) is 0 Å². The lowest BCUT2D eigenvalue weighted by Gasteiger charge is -2.29. The predicted molar refractivity (Wildman–Crippen MR) is 272 cm³/mol. The van der Waals surface area contributed by atoms with Crippen molar-refractivity contribution >= 4 is 23.8 Å². The molecule has 2 aromatic rings. The van der Waals surface area contributed by atoms with Crippen molar-refractivity contribution in [2.75, 3.05) is 28.3 Å². The molecular formula is C58H94N2O6. The Morgan fingerprint density at radius 2 is 0.742 bits per heavy atom. The van der Waals surface area contributed by atoms with Crippen LogP contribution in [0.4, 0.5) is 0 Å². The number of methoxy groups -OCH3 is 2. The average Bonchev–Trinajstić information content (AvgIpc) is 3.82. The summed E-state index contributed by atoms with van der Waals surface area (Å²) in [5.41, 5.74) is 15.9. The van der Waals surface area contributed by atoms with Crippen LogP contribution < -0.4 is 0 Å². The zero-order valence-electron chi connectivity index (χ0n) is 45.3. The maximum Gasteiger partial charge on any atom is 0.305 e. The first-order chi connectivity index (χ1) is 31.0. The number of carbonyl (C=O) groups excluding carboxylic acids is 4. The number of ether oxygens (including phenoxy) is 2. The second-order valence-corrected chi connectivity index (χ2v) is 21.4. The molecule has 2 fully saturated rings. The molecular weight excluding hydrogens is 821 g/mol. The van der Waals surface area contributed by atoms with Gasteiger partial charge in [0.05, 0.1) is 14.2 Å². The number of carbonyl (C=O) groups is 4. The molecule has 0 aromatic heterocycles. The maximum absolute atomic E-state index is 13.2. The normalized spacial score (nSPS) is 21.2. The molecule has 0 heterocycles. The smallest absolute Gasteiger partial charge is 0.305 e. The first kappa shape index (κ1) is 56.6. The lowest BCUT2D eigenvalue weighted by atomic mass is 9.77. The number of nitrogens with zero attached hydrogens (tertiary/aromatic N) is 2. The van der Waals surface area contributed by atoms with E-state index >= 15 is 0 Å². The van der Waals surface area contributed by atoms with Gasteiger partial charge in [-0.1, -0.05) is 40.5 Å². The summed E-state index contributed by atoms with van der Waals surface area (Å²) in [6.07, 6.45) is 12.7. The van der Waals surface area contributed by atoms with Crippen molar-refractivity contribution in [3.05, 3.63) is 66.8 Å². The highest BCUT2D eigenvalue weighted by atomic mass is 16.5. The molecule has 2 saturated carbocycles. The third kappa shape index (κ3) is 14.7. The fraction of sp³-hybridized carbons (Fsp3) is 0.724. The van der Waals surface area contributed by atoms with Crippen LogP contribution in [0.2, 0.25) is 0 Å². The van der Waals surface area contributed by atoms with Gasteiger partial charge in [0.15, 0.2) is 0 Å². The highest BCUT2D eigenvalue weighted by Crippen LogP contribution is 2.45. The summed E-state index contributed by atoms with van der Waals surface area (Å²) in [6, 6.07) is 0. The Balaban J connectivity index is 0.000000350. The SMILES string of the molecule is COC(=O)CCC[C@@H](CCC(=O)N(C)Cc1c(C)c(C)c(C)c(C)c1C)[C@H]1CC[C@@H](C)C1C.COC(=O)CCC[C@H](CCC(=O)N(C)Cc1c(C)c(C)c(C)c(C)c1C)[C@H]1CC[C@@H](C)C1C. The number of benzene rings is 2. The quantitative estimate of drug-likeness (QED) is 0.123. The van der Waals surface area contributed by atoms with Gasteiger partial charge < -0.3 is 19.3 Å². The lowest BCUT2D eigenvalue weighted by Crippen LogP contribution is -2.29. The Labute approximate surface area is 403 Å². The molecule has 372 valence electrons. The monoisotopic (exact) mass is 915 g/mol. The molecule has 0 N–H and O–H groups in total. The van der Waals surface area contributed by atoms with Crippen LogP contribution >= 0.6 is 0 Å². The summed E-state index contributed by atoms with van der Waals surface area (Å²) in [7, 11) is 6.79. The van der Waals surface area contributed by atoms with Crippen LogP contribution in [0.15, 0.2) is 0 Å². The van der Waals surface area contributed by atoms with Crippen molar-refractivity contribution in [1.29, 1.82) is 0 Å². The van der Waals surface area contributed by atoms with Gasteiger partial charge in [0.1, 0.15) is 0 Å². The Morgan fingerprint density at radius 1 is 0.455 bits per heavy atom. The maximum atomic E-state index is 13.2. The summed E-state index contributed by atoms with van der Waals surface area (Å²) >= 11 is 0. The molecule has 2 amide bonds. The Bertz CT molecular complexity index is 1770. The number of esters is 2. The van der Waals surface area contributed by atoms with Gasteiger partial charge in [0.25, 0.3) is 0 Å². The molecule has 0 spiro atoms. The third-order valence-electron chi connectivity index (χ3n) is 18.0. The number of hydrogen-bond donors (Lipinski definition) is 0. The molecule has 8 nitrogen and oxygen atoms in total. The van der Waals surface area contributed by atoms with Gasteiger partial charge in [0, 0.05) is 52.9 Å². The Hall–Kier alpha value is -3.68. The van der Waals surface area contributed by atoms with Gasteiger partial charge in [-0.05, 0) is 235 Å². The van der Waals surface area contributed by atoms with Crippen LogP contribution in [-0.4, -0.2) is 61.9 Å². The number of rotatable bonds is 20. The van der Waals surface area contributed by atoms with E-state index in [2.05, 4.69) is 96.9 Å². The summed E-state index contributed by atoms with van der Waals surface area (Å²) in [5, 5.41) is 0. The highest BCUT2D eigenvalue weighted by Gasteiger charge is 2.37. The summed E-state index contributed by atoms with van der Waals surface area (Å²) in [5.74, 6) is 5.35. The molecule has 8 heteroatoms. The summed E-state index contributed by atoms with van der Waals surface area (Å²) < 4.78 is 9.65. The average molecular weight is 915 g/mol. The molecule has 2 aliphatic rings. The molecule has 0 aliphatic heterocycles. The molecule has 0 saturated heterocycles. The fourth-order valence-electron chi connectivity index (χ4n) is 11.8. The molecule has 0 bridgehead atoms. The van der Waals surface area contributed by atoms with E-state index in [9.17, 15) is 19.2 Å². The second kappa shape index (κ2) is 26.2. The van der Waals surface area contributed by atoms with E-state index < -0.39 is 0 Å². The van der Waals surface area contributed by atoms with Gasteiger partial charge >= 0.3 is 11.9 Å². The third-order valence-corrected chi connectivity index (χ3v) is 18.0. The number of amides is 2. The minimum absolute atomic E-state index is 0.133. The fourth-order valence-corrected chi connectivity index (χ4v) is 11.8. The van der Waals surface area contributed by atoms with Crippen LogP contribution in [-0.2, 0) is 41.7 Å². The molecule has 4 rings (SSSR count). The first-order valence-corrected chi connectivity index (χ1v) is 25.7. The van der Waals surface area contributed by atoms with E-state index in [4.69, 9.17) is 9.47 Å². The lowest BCUT2D eigenvalue weighted by molar-refractivity contribution is -0.141. The molecule has 8 atom stereocenters. The highest BCUT2D eigenvalue weighted by molar-refractivity contribution is 5.76. The summed E-state index contributed by atoms with van der Waals surface area (Å²) in [4.78, 5) is 53.3. The molecule has 2 aromatic carbocycles.